The number of hydrogen-bond donors (Lipinski definition) is 8. The number of carboxylic acid groups (broad SMARTS) is 1. The predicted octanol–water partition coefficient (Wildman–Crippen LogP) is -0.549. The fourth-order valence-corrected chi connectivity index (χ4v) is 4.37. The summed E-state index contributed by atoms with van der Waals surface area (Å²) in [5.74, 6) is -2.79. The zero-order valence-corrected chi connectivity index (χ0v) is 22.3. The molecule has 0 aliphatic rings. The number of carbonyl (C=O) groups excluding carboxylic acids is 3. The smallest absolute Gasteiger partial charge is 0.326 e. The van der Waals surface area contributed by atoms with Crippen molar-refractivity contribution in [1.29, 1.82) is 0 Å². The Kier molecular flexibility index (Phi) is 13.1. The average molecular weight is 551 g/mol. The summed E-state index contributed by atoms with van der Waals surface area (Å²) in [5, 5.41) is 27.4. The molecule has 1 heterocycles. The highest BCUT2D eigenvalue weighted by molar-refractivity contribution is 7.98. The molecule has 3 amide bonds. The molecule has 0 aliphatic carbocycles. The fraction of sp³-hybridized carbons (Fsp3) is 0.520. The molecule has 1 aromatic carbocycles. The lowest BCUT2D eigenvalue weighted by Gasteiger charge is -2.24. The number of rotatable bonds is 17. The summed E-state index contributed by atoms with van der Waals surface area (Å²) < 4.78 is 0. The molecule has 1 aromatic heterocycles. The van der Waals surface area contributed by atoms with E-state index in [1.807, 2.05) is 30.5 Å². The number of unbranched alkanes of at least 4 members (excludes halogenated alkanes) is 1. The molecule has 0 spiro atoms. The van der Waals surface area contributed by atoms with E-state index in [-0.39, 0.29) is 19.3 Å². The van der Waals surface area contributed by atoms with Crippen LogP contribution < -0.4 is 27.4 Å². The minimum atomic E-state index is -1.40. The van der Waals surface area contributed by atoms with Crippen LogP contribution in [-0.2, 0) is 25.6 Å². The van der Waals surface area contributed by atoms with E-state index in [2.05, 4.69) is 20.9 Å². The molecule has 0 saturated heterocycles. The van der Waals surface area contributed by atoms with Gasteiger partial charge in [-0.05, 0) is 62.3 Å². The summed E-state index contributed by atoms with van der Waals surface area (Å²) in [6.07, 6.45) is 5.39. The number of hydrogen-bond acceptors (Lipinski definition) is 8. The first kappa shape index (κ1) is 31.1. The van der Waals surface area contributed by atoms with Gasteiger partial charge in [-0.25, -0.2) is 4.79 Å². The summed E-state index contributed by atoms with van der Waals surface area (Å²) in [4.78, 5) is 53.1. The molecule has 0 saturated carbocycles. The number of H-pyrrole nitrogens is 1. The van der Waals surface area contributed by atoms with Crippen LogP contribution in [0.1, 0.15) is 31.2 Å². The van der Waals surface area contributed by atoms with Crippen LogP contribution in [0.2, 0.25) is 0 Å². The first-order chi connectivity index (χ1) is 18.2. The van der Waals surface area contributed by atoms with E-state index in [1.165, 1.54) is 11.8 Å². The highest BCUT2D eigenvalue weighted by Gasteiger charge is 2.30. The number of carbonyl (C=O) groups is 4. The number of fused-ring (bicyclic) bond motifs is 1. The van der Waals surface area contributed by atoms with Gasteiger partial charge in [0.1, 0.15) is 18.1 Å². The maximum absolute atomic E-state index is 13.0. The van der Waals surface area contributed by atoms with E-state index in [0.717, 1.165) is 16.5 Å². The van der Waals surface area contributed by atoms with Gasteiger partial charge in [0, 0.05) is 17.1 Å². The predicted molar refractivity (Wildman–Crippen MR) is 146 cm³/mol. The quantitative estimate of drug-likeness (QED) is 0.119. The Morgan fingerprint density at radius 1 is 0.974 bits per heavy atom. The van der Waals surface area contributed by atoms with E-state index < -0.39 is 54.5 Å². The molecule has 0 radical (unpaired) electrons. The van der Waals surface area contributed by atoms with E-state index >= 15 is 0 Å². The van der Waals surface area contributed by atoms with Crippen molar-refractivity contribution in [1.82, 2.24) is 20.9 Å². The monoisotopic (exact) mass is 550 g/mol. The number of aliphatic carboxylic acids is 1. The van der Waals surface area contributed by atoms with Gasteiger partial charge < -0.3 is 42.6 Å². The highest BCUT2D eigenvalue weighted by atomic mass is 32.2. The number of aromatic amines is 1. The van der Waals surface area contributed by atoms with Gasteiger partial charge >= 0.3 is 5.97 Å². The molecular formula is C25H38N6O6S. The van der Waals surface area contributed by atoms with Crippen molar-refractivity contribution in [2.75, 3.05) is 25.2 Å². The summed E-state index contributed by atoms with van der Waals surface area (Å²) in [6.45, 7) is -0.355. The lowest BCUT2D eigenvalue weighted by molar-refractivity contribution is -0.142. The Morgan fingerprint density at radius 2 is 1.63 bits per heavy atom. The minimum Gasteiger partial charge on any atom is -0.480 e. The van der Waals surface area contributed by atoms with Crippen molar-refractivity contribution in [3.63, 3.8) is 0 Å². The Labute approximate surface area is 225 Å². The van der Waals surface area contributed by atoms with Crippen LogP contribution in [-0.4, -0.2) is 88.2 Å². The van der Waals surface area contributed by atoms with Gasteiger partial charge in [0.05, 0.1) is 12.6 Å². The Morgan fingerprint density at radius 3 is 2.29 bits per heavy atom. The molecule has 4 unspecified atom stereocenters. The maximum atomic E-state index is 13.0. The van der Waals surface area contributed by atoms with Crippen molar-refractivity contribution in [2.45, 2.75) is 56.3 Å². The van der Waals surface area contributed by atoms with E-state index in [4.69, 9.17) is 11.5 Å². The summed E-state index contributed by atoms with van der Waals surface area (Å²) >= 11 is 1.43. The van der Waals surface area contributed by atoms with Crippen LogP contribution in [0.15, 0.2) is 30.5 Å². The molecule has 2 rings (SSSR count). The Balaban J connectivity index is 2.05. The van der Waals surface area contributed by atoms with E-state index in [1.54, 1.807) is 6.20 Å². The largest absolute Gasteiger partial charge is 0.480 e. The van der Waals surface area contributed by atoms with Gasteiger partial charge in [-0.3, -0.25) is 14.4 Å². The lowest BCUT2D eigenvalue weighted by Crippen LogP contribution is -2.58. The van der Waals surface area contributed by atoms with Crippen LogP contribution in [0.5, 0.6) is 0 Å². The van der Waals surface area contributed by atoms with Crippen molar-refractivity contribution in [3.05, 3.63) is 36.0 Å². The molecular weight excluding hydrogens is 512 g/mol. The van der Waals surface area contributed by atoms with Gasteiger partial charge in [0.25, 0.3) is 0 Å². The maximum Gasteiger partial charge on any atom is 0.326 e. The number of carboxylic acids is 1. The number of aliphatic hydroxyl groups excluding tert-OH is 1. The van der Waals surface area contributed by atoms with Crippen molar-refractivity contribution < 1.29 is 29.4 Å². The fourth-order valence-electron chi connectivity index (χ4n) is 3.90. The molecule has 38 heavy (non-hydrogen) atoms. The zero-order chi connectivity index (χ0) is 28.1. The SMILES string of the molecule is CSCCC(NC(=O)C(CO)NC(=O)C(CCCCN)NC(=O)C(N)Cc1c[nH]c2ccccc12)C(=O)O. The second-order valence-electron chi connectivity index (χ2n) is 8.94. The number of nitrogens with one attached hydrogen (secondary N) is 4. The molecule has 2 aromatic rings. The number of benzene rings is 1. The van der Waals surface area contributed by atoms with Crippen LogP contribution in [0.25, 0.3) is 10.9 Å². The Bertz CT molecular complexity index is 1080. The minimum absolute atomic E-state index is 0.181. The summed E-state index contributed by atoms with van der Waals surface area (Å²) in [7, 11) is 0. The third-order valence-electron chi connectivity index (χ3n) is 6.07. The van der Waals surface area contributed by atoms with Gasteiger partial charge in [-0.15, -0.1) is 0 Å². The lowest BCUT2D eigenvalue weighted by atomic mass is 10.0. The number of aromatic nitrogens is 1. The highest BCUT2D eigenvalue weighted by Crippen LogP contribution is 2.19. The molecule has 12 nitrogen and oxygen atoms in total. The van der Waals surface area contributed by atoms with Gasteiger partial charge in [0.15, 0.2) is 0 Å². The zero-order valence-electron chi connectivity index (χ0n) is 21.4. The first-order valence-corrected chi connectivity index (χ1v) is 13.9. The topological polar surface area (TPSA) is 213 Å². The second-order valence-corrected chi connectivity index (χ2v) is 9.93. The normalized spacial score (nSPS) is 14.3. The van der Waals surface area contributed by atoms with Gasteiger partial charge in [-0.1, -0.05) is 18.2 Å². The van der Waals surface area contributed by atoms with Crippen LogP contribution in [0.3, 0.4) is 0 Å². The average Bonchev–Trinajstić information content (AvgIpc) is 3.31. The Hall–Kier alpha value is -3.13. The molecule has 4 atom stereocenters. The van der Waals surface area contributed by atoms with Gasteiger partial charge in [0.2, 0.25) is 17.7 Å². The third-order valence-corrected chi connectivity index (χ3v) is 6.72. The third kappa shape index (κ3) is 9.31. The summed E-state index contributed by atoms with van der Waals surface area (Å²) in [6, 6.07) is 3.09. The van der Waals surface area contributed by atoms with Crippen LogP contribution >= 0.6 is 11.8 Å². The summed E-state index contributed by atoms with van der Waals surface area (Å²) in [5.41, 5.74) is 13.5. The van der Waals surface area contributed by atoms with Gasteiger partial charge in [-0.2, -0.15) is 11.8 Å². The molecule has 0 aliphatic heterocycles. The molecule has 210 valence electrons. The van der Waals surface area contributed by atoms with Crippen LogP contribution in [0.4, 0.5) is 0 Å². The number of nitrogens with two attached hydrogens (primary N) is 2. The number of thioether (sulfide) groups is 1. The van der Waals surface area contributed by atoms with E-state index in [9.17, 15) is 29.4 Å². The standard InChI is InChI=1S/C25H38N6O6S/c1-38-11-9-20(25(36)37)30-24(35)21(14-32)31-23(34)19(8-4-5-10-26)29-22(33)17(27)12-15-13-28-18-7-3-2-6-16(15)18/h2-3,6-7,13,17,19-21,28,32H,4-5,8-12,14,26-27H2,1H3,(H,29,33)(H,30,35)(H,31,34)(H,36,37). The van der Waals surface area contributed by atoms with Crippen LogP contribution in [0, 0.1) is 0 Å². The van der Waals surface area contributed by atoms with Crippen molar-refractivity contribution in [3.8, 4) is 0 Å². The number of para-hydroxylation sites is 1. The number of aliphatic hydroxyl groups is 1. The van der Waals surface area contributed by atoms with Crippen molar-refractivity contribution >= 4 is 46.4 Å². The number of amides is 3. The van der Waals surface area contributed by atoms with E-state index in [0.29, 0.717) is 25.1 Å². The molecule has 13 heteroatoms. The second kappa shape index (κ2) is 16.0. The molecule has 0 fully saturated rings. The molecule has 0 bridgehead atoms. The molecule has 10 N–H and O–H groups in total. The first-order valence-electron chi connectivity index (χ1n) is 12.5. The van der Waals surface area contributed by atoms with Crippen molar-refractivity contribution in [2.24, 2.45) is 11.5 Å².